The lowest BCUT2D eigenvalue weighted by Crippen LogP contribution is -2.45. The van der Waals surface area contributed by atoms with Gasteiger partial charge in [0.05, 0.1) is 0 Å². The summed E-state index contributed by atoms with van der Waals surface area (Å²) < 4.78 is 0. The number of likely N-dealkylation sites (N-methyl/N-ethyl adjacent to an activating group) is 2. The number of amides is 1. The molecule has 1 aliphatic rings. The van der Waals surface area contributed by atoms with Crippen LogP contribution in [0.1, 0.15) is 26.2 Å². The maximum atomic E-state index is 11.1. The molecule has 0 aromatic rings. The van der Waals surface area contributed by atoms with Crippen LogP contribution in [0.2, 0.25) is 0 Å². The molecule has 3 heteroatoms. The summed E-state index contributed by atoms with van der Waals surface area (Å²) in [5.41, 5.74) is 0. The number of hydrogen-bond acceptors (Lipinski definition) is 2. The van der Waals surface area contributed by atoms with Gasteiger partial charge in [-0.15, -0.1) is 0 Å². The van der Waals surface area contributed by atoms with Crippen molar-refractivity contribution in [2.24, 2.45) is 0 Å². The lowest BCUT2D eigenvalue weighted by Gasteiger charge is -2.28. The van der Waals surface area contributed by atoms with Crippen molar-refractivity contribution in [2.45, 2.75) is 38.3 Å². The number of nitrogens with zero attached hydrogens (tertiary/aromatic N) is 1. The fraction of sp³-hybridized carbons (Fsp3) is 0.889. The van der Waals surface area contributed by atoms with Crippen molar-refractivity contribution in [1.29, 1.82) is 0 Å². The van der Waals surface area contributed by atoms with Crippen molar-refractivity contribution in [3.8, 4) is 0 Å². The van der Waals surface area contributed by atoms with Crippen molar-refractivity contribution in [3.05, 3.63) is 0 Å². The Morgan fingerprint density at radius 2 is 2.17 bits per heavy atom. The third-order valence-electron chi connectivity index (χ3n) is 2.84. The van der Waals surface area contributed by atoms with Crippen LogP contribution in [-0.2, 0) is 4.79 Å². The first kappa shape index (κ1) is 9.52. The standard InChI is InChI=1S/C9H18N2O/c1-7(12)11(3)9-6-4-5-8(9)10-2/h8-10H,4-6H2,1-3H3/t8-,9?/m0/s1. The van der Waals surface area contributed by atoms with Crippen LogP contribution in [-0.4, -0.2) is 37.0 Å². The highest BCUT2D eigenvalue weighted by molar-refractivity contribution is 5.73. The van der Waals surface area contributed by atoms with Crippen LogP contribution in [0.3, 0.4) is 0 Å². The third kappa shape index (κ3) is 1.78. The van der Waals surface area contributed by atoms with E-state index in [1.54, 1.807) is 6.92 Å². The summed E-state index contributed by atoms with van der Waals surface area (Å²) in [7, 11) is 3.86. The number of hydrogen-bond donors (Lipinski definition) is 1. The SMILES string of the molecule is CN[C@H]1CCCC1N(C)C(C)=O. The van der Waals surface area contributed by atoms with Crippen molar-refractivity contribution < 1.29 is 4.79 Å². The van der Waals surface area contributed by atoms with E-state index < -0.39 is 0 Å². The molecule has 70 valence electrons. The molecule has 0 aromatic heterocycles. The summed E-state index contributed by atoms with van der Waals surface area (Å²) in [4.78, 5) is 12.9. The summed E-state index contributed by atoms with van der Waals surface area (Å²) in [5, 5.41) is 3.26. The molecule has 1 amide bonds. The Labute approximate surface area is 74.1 Å². The Morgan fingerprint density at radius 1 is 1.50 bits per heavy atom. The monoisotopic (exact) mass is 170 g/mol. The van der Waals surface area contributed by atoms with Crippen LogP contribution < -0.4 is 5.32 Å². The minimum Gasteiger partial charge on any atom is -0.341 e. The molecule has 1 fully saturated rings. The molecule has 1 aliphatic carbocycles. The summed E-state index contributed by atoms with van der Waals surface area (Å²) in [5.74, 6) is 0.169. The molecule has 12 heavy (non-hydrogen) atoms. The van der Waals surface area contributed by atoms with E-state index >= 15 is 0 Å². The van der Waals surface area contributed by atoms with E-state index in [4.69, 9.17) is 0 Å². The van der Waals surface area contributed by atoms with Gasteiger partial charge in [0.2, 0.25) is 5.91 Å². The molecule has 0 bridgehead atoms. The van der Waals surface area contributed by atoms with Gasteiger partial charge in [-0.25, -0.2) is 0 Å². The van der Waals surface area contributed by atoms with Gasteiger partial charge in [-0.3, -0.25) is 4.79 Å². The van der Waals surface area contributed by atoms with Gasteiger partial charge in [-0.05, 0) is 26.3 Å². The number of carbonyl (C=O) groups excluding carboxylic acids is 1. The maximum Gasteiger partial charge on any atom is 0.219 e. The molecule has 0 spiro atoms. The van der Waals surface area contributed by atoms with Crippen molar-refractivity contribution >= 4 is 5.91 Å². The molecule has 0 radical (unpaired) electrons. The topological polar surface area (TPSA) is 32.3 Å². The Kier molecular flexibility index (Phi) is 3.09. The zero-order chi connectivity index (χ0) is 9.14. The summed E-state index contributed by atoms with van der Waals surface area (Å²) >= 11 is 0. The second kappa shape index (κ2) is 3.90. The van der Waals surface area contributed by atoms with Crippen LogP contribution in [0.5, 0.6) is 0 Å². The molecule has 2 atom stereocenters. The number of nitrogens with one attached hydrogen (secondary N) is 1. The zero-order valence-electron chi connectivity index (χ0n) is 8.13. The molecule has 0 saturated heterocycles. The van der Waals surface area contributed by atoms with Gasteiger partial charge in [0, 0.05) is 26.1 Å². The predicted octanol–water partition coefficient (Wildman–Crippen LogP) is 0.605. The van der Waals surface area contributed by atoms with Gasteiger partial charge < -0.3 is 10.2 Å². The van der Waals surface area contributed by atoms with Gasteiger partial charge in [-0.2, -0.15) is 0 Å². The molecular formula is C9H18N2O. The quantitative estimate of drug-likeness (QED) is 0.658. The van der Waals surface area contributed by atoms with E-state index in [1.807, 2.05) is 19.0 Å². The van der Waals surface area contributed by atoms with Gasteiger partial charge in [-0.1, -0.05) is 0 Å². The van der Waals surface area contributed by atoms with Crippen LogP contribution in [0.4, 0.5) is 0 Å². The van der Waals surface area contributed by atoms with Crippen molar-refractivity contribution in [3.63, 3.8) is 0 Å². The van der Waals surface area contributed by atoms with E-state index in [9.17, 15) is 4.79 Å². The first-order chi connectivity index (χ1) is 5.66. The normalized spacial score (nSPS) is 28.9. The first-order valence-electron chi connectivity index (χ1n) is 4.57. The van der Waals surface area contributed by atoms with Gasteiger partial charge >= 0.3 is 0 Å². The molecule has 0 heterocycles. The van der Waals surface area contributed by atoms with Crippen LogP contribution in [0.25, 0.3) is 0 Å². The minimum absolute atomic E-state index is 0.169. The molecular weight excluding hydrogens is 152 g/mol. The summed E-state index contributed by atoms with van der Waals surface area (Å²) in [6.45, 7) is 1.63. The lowest BCUT2D eigenvalue weighted by molar-refractivity contribution is -0.129. The minimum atomic E-state index is 0.169. The number of carbonyl (C=O) groups is 1. The molecule has 3 nitrogen and oxygen atoms in total. The van der Waals surface area contributed by atoms with E-state index in [-0.39, 0.29) is 5.91 Å². The van der Waals surface area contributed by atoms with Gasteiger partial charge in [0.25, 0.3) is 0 Å². The highest BCUT2D eigenvalue weighted by atomic mass is 16.2. The van der Waals surface area contributed by atoms with E-state index in [0.29, 0.717) is 12.1 Å². The van der Waals surface area contributed by atoms with Crippen molar-refractivity contribution in [2.75, 3.05) is 14.1 Å². The molecule has 1 unspecified atom stereocenters. The Balaban J connectivity index is 2.55. The van der Waals surface area contributed by atoms with E-state index in [0.717, 1.165) is 6.42 Å². The Bertz CT molecular complexity index is 170. The molecule has 0 aromatic carbocycles. The summed E-state index contributed by atoms with van der Waals surface area (Å²) in [6.07, 6.45) is 3.56. The Hall–Kier alpha value is -0.570. The lowest BCUT2D eigenvalue weighted by atomic mass is 10.1. The highest BCUT2D eigenvalue weighted by Crippen LogP contribution is 2.22. The Morgan fingerprint density at radius 3 is 2.67 bits per heavy atom. The molecule has 1 N–H and O–H groups in total. The second-order valence-corrected chi connectivity index (χ2v) is 3.52. The van der Waals surface area contributed by atoms with Crippen LogP contribution >= 0.6 is 0 Å². The third-order valence-corrected chi connectivity index (χ3v) is 2.84. The maximum absolute atomic E-state index is 11.1. The van der Waals surface area contributed by atoms with Crippen molar-refractivity contribution in [1.82, 2.24) is 10.2 Å². The largest absolute Gasteiger partial charge is 0.341 e. The summed E-state index contributed by atoms with van der Waals surface area (Å²) in [6, 6.07) is 0.909. The molecule has 0 aliphatic heterocycles. The number of rotatable bonds is 2. The molecule has 1 rings (SSSR count). The van der Waals surface area contributed by atoms with E-state index in [1.165, 1.54) is 12.8 Å². The average molecular weight is 170 g/mol. The predicted molar refractivity (Wildman–Crippen MR) is 48.9 cm³/mol. The van der Waals surface area contributed by atoms with Crippen LogP contribution in [0.15, 0.2) is 0 Å². The zero-order valence-corrected chi connectivity index (χ0v) is 8.13. The van der Waals surface area contributed by atoms with Crippen LogP contribution in [0, 0.1) is 0 Å². The second-order valence-electron chi connectivity index (χ2n) is 3.52. The molecule has 1 saturated carbocycles. The fourth-order valence-corrected chi connectivity index (χ4v) is 1.97. The average Bonchev–Trinajstić information content (AvgIpc) is 2.49. The highest BCUT2D eigenvalue weighted by Gasteiger charge is 2.30. The smallest absolute Gasteiger partial charge is 0.219 e. The first-order valence-corrected chi connectivity index (χ1v) is 4.57. The van der Waals surface area contributed by atoms with Gasteiger partial charge in [0.1, 0.15) is 0 Å². The van der Waals surface area contributed by atoms with E-state index in [2.05, 4.69) is 5.32 Å². The fourth-order valence-electron chi connectivity index (χ4n) is 1.97. The van der Waals surface area contributed by atoms with Gasteiger partial charge in [0.15, 0.2) is 0 Å².